The maximum atomic E-state index is 10.9. The lowest BCUT2D eigenvalue weighted by molar-refractivity contribution is -0.150. The summed E-state index contributed by atoms with van der Waals surface area (Å²) in [6, 6.07) is 6.68. The summed E-state index contributed by atoms with van der Waals surface area (Å²) in [5.74, 6) is -1.79. The predicted octanol–water partition coefficient (Wildman–Crippen LogP) is 0.957. The molecule has 1 rings (SSSR count). The third-order valence-electron chi connectivity index (χ3n) is 2.16. The van der Waals surface area contributed by atoms with Crippen molar-refractivity contribution in [3.63, 3.8) is 0 Å². The number of aliphatic carboxylic acids is 1. The lowest BCUT2D eigenvalue weighted by Crippen LogP contribution is -2.32. The summed E-state index contributed by atoms with van der Waals surface area (Å²) < 4.78 is 4.99. The van der Waals surface area contributed by atoms with Gasteiger partial charge in [0, 0.05) is 0 Å². The van der Waals surface area contributed by atoms with Gasteiger partial charge in [-0.3, -0.25) is 4.79 Å². The fourth-order valence-corrected chi connectivity index (χ4v) is 1.23. The Bertz CT molecular complexity index is 385. The third-order valence-corrected chi connectivity index (χ3v) is 2.16. The van der Waals surface area contributed by atoms with Crippen LogP contribution in [0.3, 0.4) is 0 Å². The zero-order chi connectivity index (χ0) is 12.1. The van der Waals surface area contributed by atoms with Crippen LogP contribution in [-0.2, 0) is 9.59 Å². The minimum atomic E-state index is -1.49. The van der Waals surface area contributed by atoms with Crippen molar-refractivity contribution < 1.29 is 19.4 Å². The second kappa shape index (κ2) is 5.16. The van der Waals surface area contributed by atoms with E-state index in [4.69, 9.17) is 9.84 Å². The Morgan fingerprint density at radius 3 is 2.31 bits per heavy atom. The van der Waals surface area contributed by atoms with E-state index in [1.807, 2.05) is 0 Å². The molecule has 0 aliphatic heterocycles. The third kappa shape index (κ3) is 2.98. The molecular weight excluding hydrogens is 210 g/mol. The number of amides is 1. The molecule has 0 saturated carbocycles. The smallest absolute Gasteiger partial charge is 0.394 e. The first-order valence-electron chi connectivity index (χ1n) is 4.72. The predicted molar refractivity (Wildman–Crippen MR) is 57.2 cm³/mol. The highest BCUT2D eigenvalue weighted by molar-refractivity contribution is 6.31. The van der Waals surface area contributed by atoms with Crippen molar-refractivity contribution in [1.82, 2.24) is 5.32 Å². The average Bonchev–Trinajstić information content (AvgIpc) is 2.28. The molecule has 0 heterocycles. The van der Waals surface area contributed by atoms with Crippen molar-refractivity contribution in [2.45, 2.75) is 13.0 Å². The molecule has 5 nitrogen and oxygen atoms in total. The summed E-state index contributed by atoms with van der Waals surface area (Å²) in [6.45, 7) is 1.71. The minimum Gasteiger partial charge on any atom is -0.497 e. The van der Waals surface area contributed by atoms with E-state index >= 15 is 0 Å². The van der Waals surface area contributed by atoms with Crippen LogP contribution in [0.1, 0.15) is 18.5 Å². The van der Waals surface area contributed by atoms with E-state index in [2.05, 4.69) is 5.32 Å². The van der Waals surface area contributed by atoms with Gasteiger partial charge < -0.3 is 15.2 Å². The van der Waals surface area contributed by atoms with Crippen molar-refractivity contribution in [2.24, 2.45) is 0 Å². The Labute approximate surface area is 93.0 Å². The van der Waals surface area contributed by atoms with Crippen LogP contribution in [-0.4, -0.2) is 24.1 Å². The molecule has 0 radical (unpaired) electrons. The number of rotatable bonds is 3. The Morgan fingerprint density at radius 1 is 1.31 bits per heavy atom. The van der Waals surface area contributed by atoms with Crippen LogP contribution < -0.4 is 10.1 Å². The molecular formula is C11H13NO4. The topological polar surface area (TPSA) is 75.6 Å². The molecule has 1 unspecified atom stereocenters. The second-order valence-corrected chi connectivity index (χ2v) is 3.27. The molecule has 5 heteroatoms. The van der Waals surface area contributed by atoms with Gasteiger partial charge in [-0.25, -0.2) is 4.79 Å². The number of nitrogens with one attached hydrogen (secondary N) is 1. The zero-order valence-electron chi connectivity index (χ0n) is 9.06. The van der Waals surface area contributed by atoms with Gasteiger partial charge in [-0.2, -0.15) is 0 Å². The molecule has 1 aromatic carbocycles. The van der Waals surface area contributed by atoms with E-state index < -0.39 is 11.9 Å². The Kier molecular flexibility index (Phi) is 3.88. The van der Waals surface area contributed by atoms with Crippen molar-refractivity contribution >= 4 is 11.9 Å². The molecule has 0 fully saturated rings. The van der Waals surface area contributed by atoms with Crippen LogP contribution in [0.25, 0.3) is 0 Å². The van der Waals surface area contributed by atoms with Crippen LogP contribution >= 0.6 is 0 Å². The lowest BCUT2D eigenvalue weighted by atomic mass is 10.1. The number of hydrogen-bond acceptors (Lipinski definition) is 3. The van der Waals surface area contributed by atoms with Crippen molar-refractivity contribution in [3.05, 3.63) is 29.8 Å². The normalized spacial score (nSPS) is 11.6. The summed E-state index contributed by atoms with van der Waals surface area (Å²) in [5.41, 5.74) is 0.815. The second-order valence-electron chi connectivity index (χ2n) is 3.27. The molecule has 0 aliphatic carbocycles. The maximum Gasteiger partial charge on any atom is 0.394 e. The van der Waals surface area contributed by atoms with E-state index in [1.54, 1.807) is 38.3 Å². The highest BCUT2D eigenvalue weighted by Gasteiger charge is 2.15. The summed E-state index contributed by atoms with van der Waals surface area (Å²) in [7, 11) is 1.56. The monoisotopic (exact) mass is 223 g/mol. The molecule has 1 aromatic rings. The van der Waals surface area contributed by atoms with Gasteiger partial charge in [0.25, 0.3) is 0 Å². The quantitative estimate of drug-likeness (QED) is 0.748. The van der Waals surface area contributed by atoms with E-state index in [-0.39, 0.29) is 6.04 Å². The van der Waals surface area contributed by atoms with Crippen molar-refractivity contribution in [1.29, 1.82) is 0 Å². The molecule has 0 spiro atoms. The van der Waals surface area contributed by atoms with Crippen LogP contribution in [0.2, 0.25) is 0 Å². The molecule has 86 valence electrons. The van der Waals surface area contributed by atoms with Crippen molar-refractivity contribution in [2.75, 3.05) is 7.11 Å². The number of benzene rings is 1. The van der Waals surface area contributed by atoms with Gasteiger partial charge in [0.05, 0.1) is 13.2 Å². The first-order chi connectivity index (χ1) is 7.54. The molecule has 0 bridgehead atoms. The molecule has 2 N–H and O–H groups in total. The number of carbonyl (C=O) groups excluding carboxylic acids is 1. The van der Waals surface area contributed by atoms with E-state index in [9.17, 15) is 9.59 Å². The number of carboxylic acid groups (broad SMARTS) is 1. The summed E-state index contributed by atoms with van der Waals surface area (Å²) in [4.78, 5) is 21.2. The SMILES string of the molecule is COc1ccc(C(C)NC(=O)C(=O)O)cc1. The van der Waals surface area contributed by atoms with Gasteiger partial charge in [-0.05, 0) is 24.6 Å². The summed E-state index contributed by atoms with van der Waals surface area (Å²) in [6.07, 6.45) is 0. The Hall–Kier alpha value is -2.04. The van der Waals surface area contributed by atoms with Crippen LogP contribution in [0.5, 0.6) is 5.75 Å². The maximum absolute atomic E-state index is 10.9. The molecule has 1 atom stereocenters. The van der Waals surface area contributed by atoms with E-state index in [0.717, 1.165) is 5.56 Å². The van der Waals surface area contributed by atoms with Crippen LogP contribution in [0.15, 0.2) is 24.3 Å². The Morgan fingerprint density at radius 2 is 1.88 bits per heavy atom. The molecule has 16 heavy (non-hydrogen) atoms. The fourth-order valence-electron chi connectivity index (χ4n) is 1.23. The van der Waals surface area contributed by atoms with Gasteiger partial charge in [0.15, 0.2) is 0 Å². The molecule has 0 aliphatic rings. The first-order valence-corrected chi connectivity index (χ1v) is 4.72. The van der Waals surface area contributed by atoms with Gasteiger partial charge >= 0.3 is 11.9 Å². The van der Waals surface area contributed by atoms with Gasteiger partial charge in [-0.15, -0.1) is 0 Å². The number of methoxy groups -OCH3 is 1. The standard InChI is InChI=1S/C11H13NO4/c1-7(12-10(13)11(14)15)8-3-5-9(16-2)6-4-8/h3-7H,1-2H3,(H,12,13)(H,14,15). The van der Waals surface area contributed by atoms with Crippen molar-refractivity contribution in [3.8, 4) is 5.75 Å². The summed E-state index contributed by atoms with van der Waals surface area (Å²) >= 11 is 0. The fraction of sp³-hybridized carbons (Fsp3) is 0.273. The average molecular weight is 223 g/mol. The van der Waals surface area contributed by atoms with Crippen LogP contribution in [0.4, 0.5) is 0 Å². The minimum absolute atomic E-state index is 0.352. The number of carboxylic acids is 1. The van der Waals surface area contributed by atoms with Gasteiger partial charge in [0.1, 0.15) is 5.75 Å². The zero-order valence-corrected chi connectivity index (χ0v) is 9.06. The highest BCUT2D eigenvalue weighted by Crippen LogP contribution is 2.16. The van der Waals surface area contributed by atoms with Crippen LogP contribution in [0, 0.1) is 0 Å². The molecule has 0 aromatic heterocycles. The number of carbonyl (C=O) groups is 2. The van der Waals surface area contributed by atoms with E-state index in [1.165, 1.54) is 0 Å². The largest absolute Gasteiger partial charge is 0.497 e. The van der Waals surface area contributed by atoms with Gasteiger partial charge in [0.2, 0.25) is 0 Å². The lowest BCUT2D eigenvalue weighted by Gasteiger charge is -2.12. The van der Waals surface area contributed by atoms with Gasteiger partial charge in [-0.1, -0.05) is 12.1 Å². The van der Waals surface area contributed by atoms with E-state index in [0.29, 0.717) is 5.75 Å². The summed E-state index contributed by atoms with van der Waals surface area (Å²) in [5, 5.41) is 10.8. The molecule has 0 saturated heterocycles. The number of ether oxygens (including phenoxy) is 1. The first kappa shape index (κ1) is 12.0. The molecule has 1 amide bonds. The highest BCUT2D eigenvalue weighted by atomic mass is 16.5. The Balaban J connectivity index is 2.69. The number of hydrogen-bond donors (Lipinski definition) is 2.